The number of nitrogens with zero attached hydrogens (tertiary/aromatic N) is 12. The largest absolute Gasteiger partial charge is 0.444 e. The molecule has 35 nitrogen and oxygen atoms in total. The summed E-state index contributed by atoms with van der Waals surface area (Å²) < 4.78 is 52.9. The quantitative estimate of drug-likeness (QED) is 0.0418. The topological polar surface area (TPSA) is 410 Å². The minimum absolute atomic E-state index is 0. The van der Waals surface area contributed by atoms with Gasteiger partial charge in [0, 0.05) is 39.5 Å². The first-order chi connectivity index (χ1) is 46.7. The number of fused-ring (bicyclic) bond motifs is 4. The van der Waals surface area contributed by atoms with Gasteiger partial charge in [0.1, 0.15) is 89.4 Å². The Morgan fingerprint density at radius 3 is 0.949 bits per heavy atom. The molecule has 3 N–H and O–H groups in total. The standard InChI is InChI=1S/C37H32N12O12.C11H24N2O4.2C5H10O2.C4H10O.2CH4/c50-33(58-46-29-13-5-1-9-25(29)38-42-46)17-54-21-37(22-55-18-34(51)59-47-30-14-6-2-10-26(30)39-43-47,23-56-19-35(52)60-48-31-15-7-3-11-27(31)40-44-48)24-57-20-36(53)61-49-32-16-8-4-12-28(32)41-45-49;1-11(2,3)17-10(14)13-5-7-16-9-8-15-6-4-12;2*1-3-7-4-5(2)6;1-3-5-4-2;;/h1-16H,17-24H2;4-9,12H2,1-3H3,(H,13,14);2*3-4H2,1-2H3;3-4H2,1-2H3;2*1H4. The number of ketones is 2. The number of alkyl carbamates (subject to hydrolysis) is 1. The summed E-state index contributed by atoms with van der Waals surface area (Å²) in [7, 11) is 0. The first-order valence-corrected chi connectivity index (χ1v) is 30.7. The number of carbonyl (C=O) groups is 7. The van der Waals surface area contributed by atoms with Crippen LogP contribution in [0, 0.1) is 5.41 Å². The maximum atomic E-state index is 12.9. The van der Waals surface area contributed by atoms with E-state index in [1.165, 1.54) is 13.8 Å². The Balaban J connectivity index is 0.000000719. The van der Waals surface area contributed by atoms with Crippen molar-refractivity contribution < 1.29 is 100 Å². The highest BCUT2D eigenvalue weighted by atomic mass is 16.7. The Morgan fingerprint density at radius 2 is 0.697 bits per heavy atom. The molecule has 4 aromatic heterocycles. The molecule has 0 radical (unpaired) electrons. The Labute approximate surface area is 573 Å². The lowest BCUT2D eigenvalue weighted by molar-refractivity contribution is -0.165. The summed E-state index contributed by atoms with van der Waals surface area (Å²) in [5, 5.41) is 33.8. The number of para-hydroxylation sites is 4. The van der Waals surface area contributed by atoms with Gasteiger partial charge in [0.05, 0.1) is 58.3 Å². The number of nitrogens with one attached hydrogen (secondary N) is 1. The van der Waals surface area contributed by atoms with Crippen LogP contribution in [-0.4, -0.2) is 240 Å². The maximum absolute atomic E-state index is 12.9. The molecule has 546 valence electrons. The van der Waals surface area contributed by atoms with Crippen LogP contribution in [0.3, 0.4) is 0 Å². The lowest BCUT2D eigenvalue weighted by Gasteiger charge is -2.32. The van der Waals surface area contributed by atoms with Crippen LogP contribution in [0.15, 0.2) is 97.1 Å². The van der Waals surface area contributed by atoms with Crippen molar-refractivity contribution in [2.24, 2.45) is 11.1 Å². The van der Waals surface area contributed by atoms with Gasteiger partial charge in [-0.05, 0) is 132 Å². The highest BCUT2D eigenvalue weighted by Gasteiger charge is 2.35. The fourth-order valence-corrected chi connectivity index (χ4v) is 7.44. The maximum Gasteiger partial charge on any atom is 0.407 e. The molecule has 0 fully saturated rings. The van der Waals surface area contributed by atoms with Crippen LogP contribution in [0.4, 0.5) is 4.79 Å². The van der Waals surface area contributed by atoms with Crippen LogP contribution in [0.25, 0.3) is 44.1 Å². The van der Waals surface area contributed by atoms with Gasteiger partial charge in [0.25, 0.3) is 0 Å². The van der Waals surface area contributed by atoms with E-state index in [1.54, 1.807) is 97.1 Å². The van der Waals surface area contributed by atoms with Gasteiger partial charge in [-0.15, -0.1) is 20.4 Å². The van der Waals surface area contributed by atoms with E-state index in [0.717, 1.165) is 32.6 Å². The number of aromatic nitrogens is 12. The van der Waals surface area contributed by atoms with Crippen LogP contribution < -0.4 is 30.4 Å². The zero-order valence-electron chi connectivity index (χ0n) is 55.9. The number of hydrogen-bond acceptors (Lipinski definition) is 30. The first-order valence-electron chi connectivity index (χ1n) is 30.7. The molecule has 0 saturated heterocycles. The number of benzene rings is 4. The Kier molecular flexibility index (Phi) is 41.8. The molecule has 0 spiro atoms. The number of amides is 1. The SMILES string of the molecule is C.C.CC(C)(C)OC(=O)NCCOCCOCCN.CCOCC.CCOCC(C)=O.CCOCC(C)=O.O=C(COCC(COCC(=O)On1nnc2ccccc21)(COCC(=O)On1nnc2ccccc21)COCC(=O)On1nnc2ccccc21)On1nnc2ccccc21. The summed E-state index contributed by atoms with van der Waals surface area (Å²) in [5.41, 5.74) is 7.02. The summed E-state index contributed by atoms with van der Waals surface area (Å²) >= 11 is 0. The van der Waals surface area contributed by atoms with Crippen molar-refractivity contribution in [1.29, 1.82) is 0 Å². The Hall–Kier alpha value is -9.43. The molecule has 0 unspecified atom stereocenters. The second-order valence-corrected chi connectivity index (χ2v) is 21.0. The van der Waals surface area contributed by atoms with E-state index in [-0.39, 0.29) is 66.1 Å². The molecular formula is C64H94N14O21. The number of nitrogens with two attached hydrogens (primary N) is 1. The van der Waals surface area contributed by atoms with E-state index in [0.29, 0.717) is 96.9 Å². The monoisotopic (exact) mass is 1390 g/mol. The Morgan fingerprint density at radius 1 is 0.404 bits per heavy atom. The summed E-state index contributed by atoms with van der Waals surface area (Å²) in [6.45, 7) is 18.5. The van der Waals surface area contributed by atoms with E-state index >= 15 is 0 Å². The van der Waals surface area contributed by atoms with Gasteiger partial charge >= 0.3 is 30.0 Å². The van der Waals surface area contributed by atoms with Crippen molar-refractivity contribution in [3.63, 3.8) is 0 Å². The van der Waals surface area contributed by atoms with Gasteiger partial charge in [-0.2, -0.15) is 0 Å². The highest BCUT2D eigenvalue weighted by Crippen LogP contribution is 2.22. The summed E-state index contributed by atoms with van der Waals surface area (Å²) in [6, 6.07) is 27.3. The Bertz CT molecular complexity index is 3230. The summed E-state index contributed by atoms with van der Waals surface area (Å²) in [6.07, 6.45) is -0.430. The molecule has 4 aromatic carbocycles. The second kappa shape index (κ2) is 48.3. The van der Waals surface area contributed by atoms with Gasteiger partial charge in [-0.1, -0.05) is 82.8 Å². The lowest BCUT2D eigenvalue weighted by Crippen LogP contribution is -2.44. The normalized spacial score (nSPS) is 10.8. The lowest BCUT2D eigenvalue weighted by atomic mass is 9.92. The minimum Gasteiger partial charge on any atom is -0.444 e. The number of hydrogen-bond donors (Lipinski definition) is 2. The zero-order chi connectivity index (χ0) is 70.7. The molecule has 0 aliphatic rings. The molecular weight excluding hydrogens is 1300 g/mol. The van der Waals surface area contributed by atoms with Crippen LogP contribution >= 0.6 is 0 Å². The van der Waals surface area contributed by atoms with Gasteiger partial charge in [0.2, 0.25) is 0 Å². The third-order valence-electron chi connectivity index (χ3n) is 11.5. The van der Waals surface area contributed by atoms with E-state index in [9.17, 15) is 33.6 Å². The first kappa shape index (κ1) is 85.7. The van der Waals surface area contributed by atoms with Crippen LogP contribution in [0.5, 0.6) is 0 Å². The molecule has 4 heterocycles. The predicted octanol–water partition coefficient (Wildman–Crippen LogP) is 3.68. The number of Topliss-reactive ketones (excluding diaryl/α,β-unsaturated/α-hetero) is 2. The number of rotatable bonds is 36. The van der Waals surface area contributed by atoms with Gasteiger partial charge in [-0.25, -0.2) is 24.0 Å². The molecule has 0 bridgehead atoms. The molecule has 8 aromatic rings. The van der Waals surface area contributed by atoms with Crippen molar-refractivity contribution >= 4 is 85.7 Å². The van der Waals surface area contributed by atoms with Crippen LogP contribution in [0.2, 0.25) is 0 Å². The van der Waals surface area contributed by atoms with E-state index in [2.05, 4.69) is 46.6 Å². The average molecular weight is 1400 g/mol. The molecule has 8 rings (SSSR count). The van der Waals surface area contributed by atoms with Gasteiger partial charge < -0.3 is 77.8 Å². The zero-order valence-corrected chi connectivity index (χ0v) is 55.9. The third-order valence-corrected chi connectivity index (χ3v) is 11.5. The summed E-state index contributed by atoms with van der Waals surface area (Å²) in [4.78, 5) is 108. The molecule has 35 heteroatoms. The third kappa shape index (κ3) is 34.1. The fourth-order valence-electron chi connectivity index (χ4n) is 7.44. The smallest absolute Gasteiger partial charge is 0.407 e. The van der Waals surface area contributed by atoms with Crippen LogP contribution in [-0.2, 0) is 76.1 Å². The predicted molar refractivity (Wildman–Crippen MR) is 357 cm³/mol. The highest BCUT2D eigenvalue weighted by molar-refractivity contribution is 5.79. The average Bonchev–Trinajstić information content (AvgIpc) is 1.74. The van der Waals surface area contributed by atoms with E-state index in [4.69, 9.17) is 72.5 Å². The molecule has 1 amide bonds. The summed E-state index contributed by atoms with van der Waals surface area (Å²) in [5.74, 6) is -3.26. The molecule has 0 aliphatic heterocycles. The van der Waals surface area contributed by atoms with Crippen molar-refractivity contribution in [3.8, 4) is 0 Å². The van der Waals surface area contributed by atoms with Crippen molar-refractivity contribution in [1.82, 2.24) is 65.9 Å². The van der Waals surface area contributed by atoms with Crippen molar-refractivity contribution in [2.45, 2.75) is 82.8 Å². The number of carbonyl (C=O) groups excluding carboxylic acids is 7. The minimum atomic E-state index is -1.44. The number of ether oxygens (including phenoxy) is 10. The van der Waals surface area contributed by atoms with Gasteiger partial charge in [-0.3, -0.25) is 9.59 Å². The van der Waals surface area contributed by atoms with Crippen molar-refractivity contribution in [2.75, 3.05) is 132 Å². The van der Waals surface area contributed by atoms with E-state index < -0.39 is 67.4 Å². The second-order valence-electron chi connectivity index (χ2n) is 21.0. The fraction of sp³-hybridized carbons (Fsp3) is 0.516. The molecule has 0 atom stereocenters. The van der Waals surface area contributed by atoms with Crippen LogP contribution in [0.1, 0.15) is 77.2 Å². The molecule has 99 heavy (non-hydrogen) atoms. The van der Waals surface area contributed by atoms with E-state index in [1.807, 2.05) is 48.5 Å². The molecule has 0 saturated carbocycles. The van der Waals surface area contributed by atoms with Crippen molar-refractivity contribution in [3.05, 3.63) is 97.1 Å². The molecule has 0 aliphatic carbocycles. The van der Waals surface area contributed by atoms with Gasteiger partial charge in [0.15, 0.2) is 11.6 Å².